The number of hydrogen-bond acceptors (Lipinski definition) is 5. The molecule has 0 N–H and O–H groups in total. The Kier molecular flexibility index (Phi) is 5.57. The molecule has 0 aliphatic rings. The highest BCUT2D eigenvalue weighted by Crippen LogP contribution is 2.16. The van der Waals surface area contributed by atoms with Gasteiger partial charge in [-0.25, -0.2) is 4.79 Å². The Bertz CT molecular complexity index is 709. The van der Waals surface area contributed by atoms with Gasteiger partial charge in [0.1, 0.15) is 5.71 Å². The van der Waals surface area contributed by atoms with Gasteiger partial charge in [0.15, 0.2) is 0 Å². The van der Waals surface area contributed by atoms with Gasteiger partial charge in [-0.2, -0.15) is 0 Å². The minimum Gasteiger partial charge on any atom is -0.318 e. The third-order valence-electron chi connectivity index (χ3n) is 3.09. The molecule has 23 heavy (non-hydrogen) atoms. The second-order valence-corrected chi connectivity index (χ2v) is 4.82. The number of hydrogen-bond donors (Lipinski definition) is 0. The second-order valence-electron chi connectivity index (χ2n) is 4.82. The summed E-state index contributed by atoms with van der Waals surface area (Å²) in [7, 11) is 0. The molecular formula is C17H16N2O4. The van der Waals surface area contributed by atoms with Crippen LogP contribution in [0.4, 0.5) is 5.69 Å². The van der Waals surface area contributed by atoms with Crippen LogP contribution in [-0.2, 0) is 9.63 Å². The van der Waals surface area contributed by atoms with Crippen LogP contribution in [-0.4, -0.2) is 16.6 Å². The zero-order valence-electron chi connectivity index (χ0n) is 12.6. The van der Waals surface area contributed by atoms with Crippen LogP contribution in [0.5, 0.6) is 0 Å². The minimum atomic E-state index is -0.468. The van der Waals surface area contributed by atoms with Crippen molar-refractivity contribution < 1.29 is 14.6 Å². The van der Waals surface area contributed by atoms with Gasteiger partial charge in [-0.3, -0.25) is 10.1 Å². The first-order chi connectivity index (χ1) is 11.1. The quantitative estimate of drug-likeness (QED) is 0.352. The molecule has 0 saturated carbocycles. The third kappa shape index (κ3) is 4.47. The summed E-state index contributed by atoms with van der Waals surface area (Å²) in [6.45, 7) is 1.87. The Morgan fingerprint density at radius 1 is 1.09 bits per heavy atom. The molecule has 0 spiro atoms. The summed E-state index contributed by atoms with van der Waals surface area (Å²) in [4.78, 5) is 26.8. The zero-order valence-corrected chi connectivity index (χ0v) is 12.6. The fourth-order valence-electron chi connectivity index (χ4n) is 1.96. The van der Waals surface area contributed by atoms with E-state index in [-0.39, 0.29) is 12.1 Å². The largest absolute Gasteiger partial charge is 0.335 e. The number of nitro groups is 1. The summed E-state index contributed by atoms with van der Waals surface area (Å²) in [5.74, 6) is -0.414. The molecular weight excluding hydrogens is 296 g/mol. The lowest BCUT2D eigenvalue weighted by atomic mass is 10.0. The summed E-state index contributed by atoms with van der Waals surface area (Å²) in [6, 6.07) is 15.1. The van der Waals surface area contributed by atoms with Crippen molar-refractivity contribution in [3.8, 4) is 0 Å². The lowest BCUT2D eigenvalue weighted by molar-refractivity contribution is -0.384. The lowest BCUT2D eigenvalue weighted by Gasteiger charge is -2.06. The molecule has 0 aliphatic carbocycles. The summed E-state index contributed by atoms with van der Waals surface area (Å²) < 4.78 is 0. The Hall–Kier alpha value is -3.02. The van der Waals surface area contributed by atoms with Gasteiger partial charge in [-0.15, -0.1) is 0 Å². The molecule has 0 amide bonds. The van der Waals surface area contributed by atoms with Crippen molar-refractivity contribution in [2.24, 2.45) is 5.16 Å². The van der Waals surface area contributed by atoms with E-state index in [9.17, 15) is 14.9 Å². The number of rotatable bonds is 6. The fraction of sp³-hybridized carbons (Fsp3) is 0.176. The molecule has 0 saturated heterocycles. The van der Waals surface area contributed by atoms with Crippen molar-refractivity contribution in [2.45, 2.75) is 19.8 Å². The molecule has 2 aromatic carbocycles. The predicted octanol–water partition coefficient (Wildman–Crippen LogP) is 3.69. The molecule has 2 rings (SSSR count). The zero-order chi connectivity index (χ0) is 16.7. The van der Waals surface area contributed by atoms with Crippen LogP contribution in [0, 0.1) is 10.1 Å². The fourth-order valence-corrected chi connectivity index (χ4v) is 1.96. The topological polar surface area (TPSA) is 81.8 Å². The van der Waals surface area contributed by atoms with Crippen LogP contribution in [0.2, 0.25) is 0 Å². The average Bonchev–Trinajstić information content (AvgIpc) is 2.57. The van der Waals surface area contributed by atoms with Crippen molar-refractivity contribution in [3.05, 3.63) is 75.8 Å². The number of carbonyl (C=O) groups excluding carboxylic acids is 1. The van der Waals surface area contributed by atoms with Crippen LogP contribution < -0.4 is 0 Å². The molecule has 118 valence electrons. The predicted molar refractivity (Wildman–Crippen MR) is 86.2 cm³/mol. The summed E-state index contributed by atoms with van der Waals surface area (Å²) >= 11 is 0. The molecule has 0 radical (unpaired) electrons. The maximum atomic E-state index is 11.5. The second kappa shape index (κ2) is 7.84. The van der Waals surface area contributed by atoms with Crippen LogP contribution in [0.3, 0.4) is 0 Å². The molecule has 0 atom stereocenters. The Morgan fingerprint density at radius 2 is 1.70 bits per heavy atom. The number of carbonyl (C=O) groups is 1. The highest BCUT2D eigenvalue weighted by molar-refractivity contribution is 6.12. The van der Waals surface area contributed by atoms with E-state index < -0.39 is 10.9 Å². The van der Waals surface area contributed by atoms with Crippen LogP contribution in [0.1, 0.15) is 30.9 Å². The van der Waals surface area contributed by atoms with Crippen molar-refractivity contribution >= 4 is 17.4 Å². The van der Waals surface area contributed by atoms with E-state index in [0.717, 1.165) is 5.56 Å². The van der Waals surface area contributed by atoms with Gasteiger partial charge in [-0.05, 0) is 18.6 Å². The monoisotopic (exact) mass is 312 g/mol. The van der Waals surface area contributed by atoms with Gasteiger partial charge in [-0.1, -0.05) is 42.4 Å². The Labute approximate surface area is 133 Å². The highest BCUT2D eigenvalue weighted by atomic mass is 16.7. The maximum absolute atomic E-state index is 11.5. The van der Waals surface area contributed by atoms with Gasteiger partial charge < -0.3 is 4.84 Å². The number of nitro benzene ring substituents is 1. The molecule has 0 unspecified atom stereocenters. The minimum absolute atomic E-state index is 0.0101. The number of oxime groups is 1. The molecule has 2 aromatic rings. The molecule has 0 heterocycles. The van der Waals surface area contributed by atoms with Crippen molar-refractivity contribution in [2.75, 3.05) is 0 Å². The normalized spacial score (nSPS) is 11.1. The SMILES string of the molecule is CCCC(=O)O/N=C(\c1ccccc1)c1ccc([N+](=O)[O-])cc1. The molecule has 0 bridgehead atoms. The first-order valence-electron chi connectivity index (χ1n) is 7.20. The number of nitrogens with zero attached hydrogens (tertiary/aromatic N) is 2. The van der Waals surface area contributed by atoms with Crippen LogP contribution in [0.15, 0.2) is 59.8 Å². The van der Waals surface area contributed by atoms with Gasteiger partial charge in [0.2, 0.25) is 0 Å². The number of non-ortho nitro benzene ring substituents is 1. The molecule has 6 nitrogen and oxygen atoms in total. The third-order valence-corrected chi connectivity index (χ3v) is 3.09. The van der Waals surface area contributed by atoms with E-state index in [4.69, 9.17) is 4.84 Å². The van der Waals surface area contributed by atoms with Crippen LogP contribution >= 0.6 is 0 Å². The molecule has 0 aromatic heterocycles. The van der Waals surface area contributed by atoms with Crippen LogP contribution in [0.25, 0.3) is 0 Å². The van der Waals surface area contributed by atoms with E-state index in [1.165, 1.54) is 12.1 Å². The van der Waals surface area contributed by atoms with Gasteiger partial charge in [0, 0.05) is 29.7 Å². The van der Waals surface area contributed by atoms with Gasteiger partial charge in [0.25, 0.3) is 5.69 Å². The Morgan fingerprint density at radius 3 is 2.26 bits per heavy atom. The average molecular weight is 312 g/mol. The highest BCUT2D eigenvalue weighted by Gasteiger charge is 2.12. The summed E-state index contributed by atoms with van der Waals surface area (Å²) in [5, 5.41) is 14.7. The first-order valence-corrected chi connectivity index (χ1v) is 7.20. The maximum Gasteiger partial charge on any atom is 0.335 e. The van der Waals surface area contributed by atoms with Crippen molar-refractivity contribution in [3.63, 3.8) is 0 Å². The molecule has 0 aliphatic heterocycles. The lowest BCUT2D eigenvalue weighted by Crippen LogP contribution is -2.07. The number of benzene rings is 2. The van der Waals surface area contributed by atoms with E-state index in [2.05, 4.69) is 5.16 Å². The van der Waals surface area contributed by atoms with Crippen molar-refractivity contribution in [1.29, 1.82) is 0 Å². The summed E-state index contributed by atoms with van der Waals surface area (Å²) in [5.41, 5.74) is 1.82. The Balaban J connectivity index is 2.35. The standard InChI is InChI=1S/C17H16N2O4/c1-2-6-16(20)23-18-17(13-7-4-3-5-8-13)14-9-11-15(12-10-14)19(21)22/h3-5,7-12H,2,6H2,1H3/b18-17+. The van der Waals surface area contributed by atoms with E-state index in [1.54, 1.807) is 12.1 Å². The van der Waals surface area contributed by atoms with Crippen molar-refractivity contribution in [1.82, 2.24) is 0 Å². The molecule has 0 fully saturated rings. The van der Waals surface area contributed by atoms with E-state index in [0.29, 0.717) is 17.7 Å². The van der Waals surface area contributed by atoms with E-state index in [1.807, 2.05) is 37.3 Å². The molecule has 6 heteroatoms. The van der Waals surface area contributed by atoms with Gasteiger partial charge in [0.05, 0.1) is 4.92 Å². The summed E-state index contributed by atoms with van der Waals surface area (Å²) in [6.07, 6.45) is 0.957. The van der Waals surface area contributed by atoms with Gasteiger partial charge >= 0.3 is 5.97 Å². The first kappa shape index (κ1) is 16.4. The smallest absolute Gasteiger partial charge is 0.318 e. The van der Waals surface area contributed by atoms with E-state index >= 15 is 0 Å².